The maximum Gasteiger partial charge on any atom is 0.220 e. The van der Waals surface area contributed by atoms with Gasteiger partial charge in [0.1, 0.15) is 0 Å². The van der Waals surface area contributed by atoms with Gasteiger partial charge >= 0.3 is 0 Å². The van der Waals surface area contributed by atoms with E-state index in [9.17, 15) is 9.90 Å². The van der Waals surface area contributed by atoms with Crippen molar-refractivity contribution < 1.29 is 9.90 Å². The second kappa shape index (κ2) is 5.19. The molecule has 1 amide bonds. The van der Waals surface area contributed by atoms with Gasteiger partial charge in [0.15, 0.2) is 0 Å². The van der Waals surface area contributed by atoms with Gasteiger partial charge in [-0.05, 0) is 30.5 Å². The minimum absolute atomic E-state index is 0.0247. The molecule has 1 unspecified atom stereocenters. The molecule has 1 fully saturated rings. The fourth-order valence-corrected chi connectivity index (χ4v) is 2.19. The highest BCUT2D eigenvalue weighted by atomic mass is 16.3. The second-order valence-corrected chi connectivity index (χ2v) is 4.47. The number of aliphatic hydroxyl groups is 1. The number of amides is 1. The molecule has 17 heavy (non-hydrogen) atoms. The van der Waals surface area contributed by atoms with E-state index >= 15 is 0 Å². The highest BCUT2D eigenvalue weighted by molar-refractivity contribution is 5.74. The number of carbonyl (C=O) groups is 1. The van der Waals surface area contributed by atoms with Gasteiger partial charge in [-0.3, -0.25) is 4.79 Å². The van der Waals surface area contributed by atoms with Gasteiger partial charge in [0.25, 0.3) is 0 Å². The molecule has 0 bridgehead atoms. The third kappa shape index (κ3) is 2.97. The number of benzene rings is 1. The second-order valence-electron chi connectivity index (χ2n) is 4.47. The molecule has 1 aliphatic rings. The van der Waals surface area contributed by atoms with E-state index < -0.39 is 12.0 Å². The molecule has 2 rings (SSSR count). The summed E-state index contributed by atoms with van der Waals surface area (Å²) in [6, 6.07) is 7.71. The molecule has 3 N–H and O–H groups in total. The first-order valence-corrected chi connectivity index (χ1v) is 5.98. The van der Waals surface area contributed by atoms with Crippen molar-refractivity contribution in [2.75, 3.05) is 18.0 Å². The van der Waals surface area contributed by atoms with Crippen molar-refractivity contribution in [1.29, 1.82) is 0 Å². The SMILES string of the molecule is NC(=O)CC(O)c1ccc(N2CCCC2)cc1. The number of hydrogen-bond donors (Lipinski definition) is 2. The summed E-state index contributed by atoms with van der Waals surface area (Å²) in [6.07, 6.45) is 1.67. The third-order valence-electron chi connectivity index (χ3n) is 3.14. The molecule has 0 aliphatic carbocycles. The Balaban J connectivity index is 2.04. The Hall–Kier alpha value is -1.55. The van der Waals surface area contributed by atoms with E-state index in [0.29, 0.717) is 0 Å². The highest BCUT2D eigenvalue weighted by Crippen LogP contribution is 2.23. The molecular formula is C13H18N2O2. The molecule has 1 atom stereocenters. The van der Waals surface area contributed by atoms with Crippen molar-refractivity contribution in [3.8, 4) is 0 Å². The molecule has 1 aromatic carbocycles. The molecule has 1 heterocycles. The number of rotatable bonds is 4. The van der Waals surface area contributed by atoms with Gasteiger partial charge in [0, 0.05) is 18.8 Å². The first kappa shape index (κ1) is 11.9. The van der Waals surface area contributed by atoms with Crippen LogP contribution in [0.1, 0.15) is 30.9 Å². The fourth-order valence-electron chi connectivity index (χ4n) is 2.19. The van der Waals surface area contributed by atoms with Crippen LogP contribution < -0.4 is 10.6 Å². The Labute approximate surface area is 101 Å². The number of hydrogen-bond acceptors (Lipinski definition) is 3. The number of anilines is 1. The zero-order chi connectivity index (χ0) is 12.3. The lowest BCUT2D eigenvalue weighted by molar-refractivity contribution is -0.119. The lowest BCUT2D eigenvalue weighted by Crippen LogP contribution is -2.18. The lowest BCUT2D eigenvalue weighted by atomic mass is 10.1. The van der Waals surface area contributed by atoms with E-state index in [2.05, 4.69) is 4.90 Å². The lowest BCUT2D eigenvalue weighted by Gasteiger charge is -2.18. The van der Waals surface area contributed by atoms with E-state index in [1.165, 1.54) is 18.5 Å². The van der Waals surface area contributed by atoms with Crippen LogP contribution in [0.25, 0.3) is 0 Å². The van der Waals surface area contributed by atoms with Crippen LogP contribution in [0.5, 0.6) is 0 Å². The van der Waals surface area contributed by atoms with Crippen molar-refractivity contribution in [2.24, 2.45) is 5.73 Å². The average Bonchev–Trinajstić information content (AvgIpc) is 2.82. The Kier molecular flexibility index (Phi) is 3.64. The van der Waals surface area contributed by atoms with E-state index in [-0.39, 0.29) is 6.42 Å². The molecule has 1 aliphatic heterocycles. The molecule has 0 radical (unpaired) electrons. The maximum atomic E-state index is 10.7. The summed E-state index contributed by atoms with van der Waals surface area (Å²) < 4.78 is 0. The quantitative estimate of drug-likeness (QED) is 0.822. The zero-order valence-electron chi connectivity index (χ0n) is 9.80. The van der Waals surface area contributed by atoms with E-state index in [1.807, 2.05) is 24.3 Å². The number of carbonyl (C=O) groups excluding carboxylic acids is 1. The van der Waals surface area contributed by atoms with Crippen molar-refractivity contribution in [1.82, 2.24) is 0 Å². The summed E-state index contributed by atoms with van der Waals surface area (Å²) in [4.78, 5) is 13.0. The van der Waals surface area contributed by atoms with E-state index in [4.69, 9.17) is 5.73 Å². The van der Waals surface area contributed by atoms with Crippen LogP contribution in [-0.2, 0) is 4.79 Å². The molecule has 1 aromatic rings. The maximum absolute atomic E-state index is 10.7. The molecule has 4 nitrogen and oxygen atoms in total. The topological polar surface area (TPSA) is 66.6 Å². The van der Waals surface area contributed by atoms with Gasteiger partial charge in [-0.1, -0.05) is 12.1 Å². The van der Waals surface area contributed by atoms with Crippen LogP contribution in [-0.4, -0.2) is 24.1 Å². The van der Waals surface area contributed by atoms with Gasteiger partial charge in [0.2, 0.25) is 5.91 Å². The summed E-state index contributed by atoms with van der Waals surface area (Å²) in [5, 5.41) is 9.73. The molecular weight excluding hydrogens is 216 g/mol. The molecule has 0 aromatic heterocycles. The number of nitrogens with two attached hydrogens (primary N) is 1. The summed E-state index contributed by atoms with van der Waals surface area (Å²) >= 11 is 0. The summed E-state index contributed by atoms with van der Waals surface area (Å²) in [5.41, 5.74) is 6.97. The van der Waals surface area contributed by atoms with Crippen LogP contribution in [0, 0.1) is 0 Å². The van der Waals surface area contributed by atoms with Gasteiger partial charge in [0.05, 0.1) is 12.5 Å². The predicted molar refractivity (Wildman–Crippen MR) is 66.7 cm³/mol. The van der Waals surface area contributed by atoms with Gasteiger partial charge < -0.3 is 15.7 Å². The minimum atomic E-state index is -0.792. The van der Waals surface area contributed by atoms with Crippen LogP contribution >= 0.6 is 0 Å². The minimum Gasteiger partial charge on any atom is -0.388 e. The monoisotopic (exact) mass is 234 g/mol. The Morgan fingerprint density at radius 2 is 1.88 bits per heavy atom. The van der Waals surface area contributed by atoms with Crippen molar-refractivity contribution in [2.45, 2.75) is 25.4 Å². The highest BCUT2D eigenvalue weighted by Gasteiger charge is 2.14. The Morgan fingerprint density at radius 3 is 2.41 bits per heavy atom. The summed E-state index contributed by atoms with van der Waals surface area (Å²) in [5.74, 6) is -0.485. The third-order valence-corrected chi connectivity index (χ3v) is 3.14. The molecule has 4 heteroatoms. The predicted octanol–water partition coefficient (Wildman–Crippen LogP) is 1.20. The van der Waals surface area contributed by atoms with Crippen LogP contribution in [0.4, 0.5) is 5.69 Å². The van der Waals surface area contributed by atoms with Crippen molar-refractivity contribution in [3.63, 3.8) is 0 Å². The fraction of sp³-hybridized carbons (Fsp3) is 0.462. The Morgan fingerprint density at radius 1 is 1.29 bits per heavy atom. The summed E-state index contributed by atoms with van der Waals surface area (Å²) in [7, 11) is 0. The number of nitrogens with zero attached hydrogens (tertiary/aromatic N) is 1. The Bertz CT molecular complexity index is 383. The van der Waals surface area contributed by atoms with Crippen LogP contribution in [0.2, 0.25) is 0 Å². The first-order chi connectivity index (χ1) is 8.16. The van der Waals surface area contributed by atoms with Gasteiger partial charge in [-0.25, -0.2) is 0 Å². The van der Waals surface area contributed by atoms with Gasteiger partial charge in [-0.15, -0.1) is 0 Å². The van der Waals surface area contributed by atoms with E-state index in [1.54, 1.807) is 0 Å². The van der Waals surface area contributed by atoms with Crippen molar-refractivity contribution in [3.05, 3.63) is 29.8 Å². The standard InChI is InChI=1S/C13H18N2O2/c14-13(17)9-12(16)10-3-5-11(6-4-10)15-7-1-2-8-15/h3-6,12,16H,1-2,7-9H2,(H2,14,17). The van der Waals surface area contributed by atoms with Crippen LogP contribution in [0.3, 0.4) is 0 Å². The van der Waals surface area contributed by atoms with Gasteiger partial charge in [-0.2, -0.15) is 0 Å². The number of primary amides is 1. The molecule has 92 valence electrons. The molecule has 0 saturated carbocycles. The zero-order valence-corrected chi connectivity index (χ0v) is 9.80. The number of aliphatic hydroxyl groups excluding tert-OH is 1. The normalized spacial score (nSPS) is 17.1. The first-order valence-electron chi connectivity index (χ1n) is 5.98. The molecule has 0 spiro atoms. The largest absolute Gasteiger partial charge is 0.388 e. The van der Waals surface area contributed by atoms with E-state index in [0.717, 1.165) is 18.7 Å². The smallest absolute Gasteiger partial charge is 0.220 e. The van der Waals surface area contributed by atoms with Crippen molar-refractivity contribution >= 4 is 11.6 Å². The summed E-state index contributed by atoms with van der Waals surface area (Å²) in [6.45, 7) is 2.20. The average molecular weight is 234 g/mol. The molecule has 1 saturated heterocycles. The van der Waals surface area contributed by atoms with Crippen LogP contribution in [0.15, 0.2) is 24.3 Å².